The van der Waals surface area contributed by atoms with E-state index >= 15 is 0 Å². The van der Waals surface area contributed by atoms with Crippen LogP contribution in [0.5, 0.6) is 0 Å². The second kappa shape index (κ2) is 6.23. The van der Waals surface area contributed by atoms with Gasteiger partial charge in [-0.15, -0.1) is 0 Å². The number of carbonyl (C=O) groups is 1. The summed E-state index contributed by atoms with van der Waals surface area (Å²) < 4.78 is 31.0. The van der Waals surface area contributed by atoms with E-state index in [1.165, 1.54) is 23.4 Å². The monoisotopic (exact) mass is 307 g/mol. The van der Waals surface area contributed by atoms with Gasteiger partial charge in [0.1, 0.15) is 5.69 Å². The van der Waals surface area contributed by atoms with Gasteiger partial charge < -0.3 is 10.1 Å². The predicted molar refractivity (Wildman–Crippen MR) is 74.5 cm³/mol. The average molecular weight is 307 g/mol. The quantitative estimate of drug-likeness (QED) is 0.922. The summed E-state index contributed by atoms with van der Waals surface area (Å²) in [7, 11) is 0. The molecule has 1 amide bonds. The number of rotatable bonds is 5. The van der Waals surface area contributed by atoms with Crippen LogP contribution in [0.4, 0.5) is 8.78 Å². The highest BCUT2D eigenvalue weighted by Crippen LogP contribution is 2.21. The third-order valence-corrected chi connectivity index (χ3v) is 3.57. The van der Waals surface area contributed by atoms with Gasteiger partial charge in [0.15, 0.2) is 0 Å². The van der Waals surface area contributed by atoms with Crippen LogP contribution in [-0.2, 0) is 24.4 Å². The lowest BCUT2D eigenvalue weighted by atomic mass is 10.0. The van der Waals surface area contributed by atoms with Gasteiger partial charge in [-0.25, -0.2) is 0 Å². The van der Waals surface area contributed by atoms with E-state index in [1.807, 2.05) is 12.1 Å². The minimum atomic E-state index is -2.83. The predicted octanol–water partition coefficient (Wildman–Crippen LogP) is 2.28. The Kier molecular flexibility index (Phi) is 4.15. The Morgan fingerprint density at radius 1 is 1.32 bits per heavy atom. The van der Waals surface area contributed by atoms with Gasteiger partial charge in [-0.3, -0.25) is 4.79 Å². The number of amides is 1. The lowest BCUT2D eigenvalue weighted by Crippen LogP contribution is -2.28. The van der Waals surface area contributed by atoms with Crippen molar-refractivity contribution >= 4 is 5.91 Å². The largest absolute Gasteiger partial charge is 0.372 e. The number of hydrogen-bond acceptors (Lipinski definition) is 3. The normalized spacial score (nSPS) is 13.4. The van der Waals surface area contributed by atoms with Crippen molar-refractivity contribution in [2.75, 3.05) is 6.54 Å². The number of hydrogen-bond donors (Lipinski definition) is 1. The van der Waals surface area contributed by atoms with Crippen molar-refractivity contribution in [1.29, 1.82) is 0 Å². The highest BCUT2D eigenvalue weighted by molar-refractivity contribution is 5.92. The molecule has 1 aliphatic heterocycles. The molecular formula is C15H15F2N3O2. The number of benzene rings is 1. The van der Waals surface area contributed by atoms with Crippen LogP contribution in [0.25, 0.3) is 0 Å². The molecule has 7 heteroatoms. The number of carbonyl (C=O) groups excluding carboxylic acids is 1. The molecule has 0 fully saturated rings. The number of aromatic nitrogens is 2. The lowest BCUT2D eigenvalue weighted by Gasteiger charge is -2.08. The van der Waals surface area contributed by atoms with Crippen LogP contribution < -0.4 is 5.32 Å². The third-order valence-electron chi connectivity index (χ3n) is 3.57. The van der Waals surface area contributed by atoms with E-state index in [1.54, 1.807) is 0 Å². The van der Waals surface area contributed by atoms with Gasteiger partial charge in [0.05, 0.1) is 13.2 Å². The molecule has 1 N–H and O–H groups in total. The van der Waals surface area contributed by atoms with Crippen LogP contribution in [0.15, 0.2) is 30.5 Å². The Morgan fingerprint density at radius 3 is 2.95 bits per heavy atom. The second-order valence-electron chi connectivity index (χ2n) is 5.04. The minimum absolute atomic E-state index is 0.141. The summed E-state index contributed by atoms with van der Waals surface area (Å²) in [4.78, 5) is 11.9. The molecular weight excluding hydrogens is 292 g/mol. The van der Waals surface area contributed by atoms with E-state index in [4.69, 9.17) is 4.74 Å². The number of ether oxygens (including phenoxy) is 1. The summed E-state index contributed by atoms with van der Waals surface area (Å²) in [6.07, 6.45) is 1.81. The van der Waals surface area contributed by atoms with Gasteiger partial charge in [0.25, 0.3) is 5.91 Å². The van der Waals surface area contributed by atoms with Gasteiger partial charge in [0.2, 0.25) is 0 Å². The van der Waals surface area contributed by atoms with Crippen LogP contribution in [0.3, 0.4) is 0 Å². The maximum atomic E-state index is 12.6. The van der Waals surface area contributed by atoms with Crippen LogP contribution in [-0.4, -0.2) is 22.2 Å². The zero-order valence-corrected chi connectivity index (χ0v) is 11.8. The van der Waals surface area contributed by atoms with E-state index in [9.17, 15) is 13.6 Å². The molecule has 2 heterocycles. The summed E-state index contributed by atoms with van der Waals surface area (Å²) >= 11 is 0. The van der Waals surface area contributed by atoms with Crippen LogP contribution in [0.2, 0.25) is 0 Å². The summed E-state index contributed by atoms with van der Waals surface area (Å²) in [5, 5.41) is 6.07. The molecule has 1 aromatic heterocycles. The first-order chi connectivity index (χ1) is 10.6. The Bertz CT molecular complexity index is 685. The van der Waals surface area contributed by atoms with Crippen LogP contribution in [0.1, 0.15) is 33.7 Å². The number of fused-ring (bicyclic) bond motifs is 1. The first kappa shape index (κ1) is 14.6. The van der Waals surface area contributed by atoms with Gasteiger partial charge in [0, 0.05) is 12.7 Å². The van der Waals surface area contributed by atoms with Gasteiger partial charge in [-0.1, -0.05) is 18.2 Å². The molecule has 22 heavy (non-hydrogen) atoms. The van der Waals surface area contributed by atoms with Crippen molar-refractivity contribution in [3.05, 3.63) is 52.8 Å². The summed E-state index contributed by atoms with van der Waals surface area (Å²) in [5.41, 5.74) is 3.29. The maximum Gasteiger partial charge on any atom is 0.333 e. The number of nitrogens with one attached hydrogen (secondary N) is 1. The van der Waals surface area contributed by atoms with Gasteiger partial charge >= 0.3 is 6.55 Å². The minimum Gasteiger partial charge on any atom is -0.372 e. The highest BCUT2D eigenvalue weighted by atomic mass is 19.3. The molecule has 5 nitrogen and oxygen atoms in total. The molecule has 0 atom stereocenters. The zero-order chi connectivity index (χ0) is 15.5. The molecule has 0 spiro atoms. The first-order valence-corrected chi connectivity index (χ1v) is 6.93. The molecule has 1 aromatic carbocycles. The second-order valence-corrected chi connectivity index (χ2v) is 5.04. The summed E-state index contributed by atoms with van der Waals surface area (Å²) in [6, 6.07) is 7.33. The zero-order valence-electron chi connectivity index (χ0n) is 11.8. The van der Waals surface area contributed by atoms with Crippen molar-refractivity contribution in [3.8, 4) is 0 Å². The van der Waals surface area contributed by atoms with E-state index < -0.39 is 12.5 Å². The first-order valence-electron chi connectivity index (χ1n) is 6.93. The van der Waals surface area contributed by atoms with Gasteiger partial charge in [-0.2, -0.15) is 18.6 Å². The lowest BCUT2D eigenvalue weighted by molar-refractivity contribution is 0.0510. The van der Waals surface area contributed by atoms with Crippen molar-refractivity contribution in [2.24, 2.45) is 0 Å². The van der Waals surface area contributed by atoms with Crippen molar-refractivity contribution in [3.63, 3.8) is 0 Å². The van der Waals surface area contributed by atoms with E-state index in [2.05, 4.69) is 16.5 Å². The van der Waals surface area contributed by atoms with Crippen molar-refractivity contribution in [2.45, 2.75) is 26.2 Å². The highest BCUT2D eigenvalue weighted by Gasteiger charge is 2.17. The smallest absolute Gasteiger partial charge is 0.333 e. The standard InChI is InChI=1S/C15H15F2N3O2/c16-15(17)20-13(4-6-19-20)14(21)18-5-3-10-1-2-11-8-22-9-12(11)7-10/h1-2,4,6-7,15H,3,5,8-9H2,(H,18,21). The van der Waals surface area contributed by atoms with E-state index in [0.717, 1.165) is 5.56 Å². The molecule has 0 saturated heterocycles. The molecule has 0 aliphatic carbocycles. The molecule has 0 unspecified atom stereocenters. The number of alkyl halides is 2. The Balaban J connectivity index is 1.56. The number of halogens is 2. The fraction of sp³-hybridized carbons (Fsp3) is 0.333. The molecule has 2 aromatic rings. The molecule has 3 rings (SSSR count). The SMILES string of the molecule is O=C(NCCc1ccc2c(c1)COC2)c1ccnn1C(F)F. The van der Waals surface area contributed by atoms with Crippen LogP contribution >= 0.6 is 0 Å². The maximum absolute atomic E-state index is 12.6. The third kappa shape index (κ3) is 2.99. The van der Waals surface area contributed by atoms with Crippen LogP contribution in [0, 0.1) is 0 Å². The van der Waals surface area contributed by atoms with Crippen molar-refractivity contribution in [1.82, 2.24) is 15.1 Å². The van der Waals surface area contributed by atoms with E-state index in [-0.39, 0.29) is 5.69 Å². The Morgan fingerprint density at radius 2 is 2.14 bits per heavy atom. The fourth-order valence-corrected chi connectivity index (χ4v) is 2.44. The molecule has 0 saturated carbocycles. The Labute approximate surface area is 125 Å². The molecule has 0 bridgehead atoms. The Hall–Kier alpha value is -2.28. The van der Waals surface area contributed by atoms with Crippen molar-refractivity contribution < 1.29 is 18.3 Å². The summed E-state index contributed by atoms with van der Waals surface area (Å²) in [5.74, 6) is -0.553. The van der Waals surface area contributed by atoms with Gasteiger partial charge in [-0.05, 0) is 29.2 Å². The summed E-state index contributed by atoms with van der Waals surface area (Å²) in [6.45, 7) is -1.20. The average Bonchev–Trinajstić information content (AvgIpc) is 3.15. The molecule has 0 radical (unpaired) electrons. The topological polar surface area (TPSA) is 56.1 Å². The van der Waals surface area contributed by atoms with E-state index in [0.29, 0.717) is 30.9 Å². The molecule has 116 valence electrons. The number of nitrogens with zero attached hydrogens (tertiary/aromatic N) is 2. The molecule has 1 aliphatic rings. The fourth-order valence-electron chi connectivity index (χ4n) is 2.44.